The van der Waals surface area contributed by atoms with Gasteiger partial charge >= 0.3 is 0 Å². The summed E-state index contributed by atoms with van der Waals surface area (Å²) >= 11 is 0. The van der Waals surface area contributed by atoms with Crippen molar-refractivity contribution < 1.29 is 0 Å². The van der Waals surface area contributed by atoms with Gasteiger partial charge in [0.25, 0.3) is 0 Å². The molecule has 0 heteroatoms. The SMILES string of the molecule is CC1=CCC(C)(c2ccccc2-c2ccccc2)C=C1.Cc1ccc(-c2cccc(-c3ccc4c(c3)-c3ccccc3C4)c2)cc1.Cc1ccc(-c2ccccc2-c2ccccc2)cc1. The highest BCUT2D eigenvalue weighted by atomic mass is 14.3. The van der Waals surface area contributed by atoms with Crippen LogP contribution in [0.5, 0.6) is 0 Å². The molecule has 0 saturated carbocycles. The number of hydrogen-bond acceptors (Lipinski definition) is 0. The average Bonchev–Trinajstić information content (AvgIpc) is 3.75. The Bertz CT molecular complexity index is 3090. The van der Waals surface area contributed by atoms with Gasteiger partial charge in [0.15, 0.2) is 0 Å². The van der Waals surface area contributed by atoms with Crippen LogP contribution >= 0.6 is 0 Å². The van der Waals surface area contributed by atoms with Crippen molar-refractivity contribution in [2.75, 3.05) is 0 Å². The normalized spacial score (nSPS) is 14.4. The molecule has 0 fully saturated rings. The minimum Gasteiger partial charge on any atom is -0.0804 e. The molecule has 316 valence electrons. The molecule has 0 N–H and O–H groups in total. The first-order valence-corrected chi connectivity index (χ1v) is 22.9. The van der Waals surface area contributed by atoms with Crippen molar-refractivity contribution in [3.05, 3.63) is 276 Å². The van der Waals surface area contributed by atoms with E-state index in [-0.39, 0.29) is 5.41 Å². The van der Waals surface area contributed by atoms with E-state index in [4.69, 9.17) is 0 Å². The zero-order chi connectivity index (χ0) is 44.6. The molecule has 0 saturated heterocycles. The number of aryl methyl sites for hydroxylation is 2. The molecule has 2 aliphatic rings. The molecule has 9 aromatic rings. The zero-order valence-electron chi connectivity index (χ0n) is 38.0. The lowest BCUT2D eigenvalue weighted by molar-refractivity contribution is 0.598. The molecular formula is C65H56. The number of fused-ring (bicyclic) bond motifs is 3. The molecule has 0 nitrogen and oxygen atoms in total. The number of benzene rings is 9. The Kier molecular flexibility index (Phi) is 12.8. The minimum absolute atomic E-state index is 0.0892. The Morgan fingerprint density at radius 3 is 1.40 bits per heavy atom. The van der Waals surface area contributed by atoms with Gasteiger partial charge in [-0.3, -0.25) is 0 Å². The topological polar surface area (TPSA) is 0 Å². The molecule has 11 rings (SSSR count). The van der Waals surface area contributed by atoms with Crippen LogP contribution in [0.15, 0.2) is 248 Å². The predicted molar refractivity (Wildman–Crippen MR) is 279 cm³/mol. The van der Waals surface area contributed by atoms with Crippen molar-refractivity contribution in [1.29, 1.82) is 0 Å². The van der Waals surface area contributed by atoms with Crippen molar-refractivity contribution in [2.45, 2.75) is 46.0 Å². The van der Waals surface area contributed by atoms with Crippen molar-refractivity contribution in [2.24, 2.45) is 0 Å². The Labute approximate surface area is 387 Å². The Balaban J connectivity index is 0.000000125. The largest absolute Gasteiger partial charge is 0.0804 e. The van der Waals surface area contributed by atoms with Crippen LogP contribution in [0, 0.1) is 13.8 Å². The molecule has 0 heterocycles. The van der Waals surface area contributed by atoms with Crippen LogP contribution in [0.1, 0.15) is 48.1 Å². The van der Waals surface area contributed by atoms with Gasteiger partial charge < -0.3 is 0 Å². The van der Waals surface area contributed by atoms with Crippen LogP contribution in [-0.2, 0) is 11.8 Å². The van der Waals surface area contributed by atoms with Gasteiger partial charge in [-0.15, -0.1) is 0 Å². The van der Waals surface area contributed by atoms with Crippen LogP contribution < -0.4 is 0 Å². The summed E-state index contributed by atoms with van der Waals surface area (Å²) in [5.41, 5.74) is 23.9. The summed E-state index contributed by atoms with van der Waals surface area (Å²) in [6, 6.07) is 80.5. The lowest BCUT2D eigenvalue weighted by atomic mass is 9.73. The van der Waals surface area contributed by atoms with E-state index in [1.54, 1.807) is 0 Å². The Morgan fingerprint density at radius 1 is 0.338 bits per heavy atom. The summed E-state index contributed by atoms with van der Waals surface area (Å²) in [5, 5.41) is 0. The second kappa shape index (κ2) is 19.5. The van der Waals surface area contributed by atoms with Crippen LogP contribution in [0.25, 0.3) is 66.8 Å². The fraction of sp³-hybridized carbons (Fsp3) is 0.108. The van der Waals surface area contributed by atoms with E-state index in [0.29, 0.717) is 0 Å². The maximum Gasteiger partial charge on any atom is 0.0147 e. The third-order valence-electron chi connectivity index (χ3n) is 12.9. The molecule has 0 spiro atoms. The highest BCUT2D eigenvalue weighted by Gasteiger charge is 2.27. The van der Waals surface area contributed by atoms with E-state index in [1.807, 2.05) is 0 Å². The molecule has 0 radical (unpaired) electrons. The summed E-state index contributed by atoms with van der Waals surface area (Å²) in [6.45, 7) is 8.74. The molecule has 0 aromatic heterocycles. The molecule has 1 atom stereocenters. The van der Waals surface area contributed by atoms with E-state index >= 15 is 0 Å². The lowest BCUT2D eigenvalue weighted by Gasteiger charge is -2.30. The third kappa shape index (κ3) is 9.84. The Hall–Kier alpha value is -7.54. The summed E-state index contributed by atoms with van der Waals surface area (Å²) in [4.78, 5) is 0. The first-order chi connectivity index (χ1) is 31.8. The monoisotopic (exact) mass is 836 g/mol. The Morgan fingerprint density at radius 2 is 0.785 bits per heavy atom. The van der Waals surface area contributed by atoms with Crippen LogP contribution in [-0.4, -0.2) is 0 Å². The lowest BCUT2D eigenvalue weighted by Crippen LogP contribution is -2.21. The first kappa shape index (κ1) is 42.7. The van der Waals surface area contributed by atoms with Gasteiger partial charge in [-0.05, 0) is 129 Å². The number of rotatable bonds is 6. The fourth-order valence-corrected chi connectivity index (χ4v) is 9.14. The molecule has 1 unspecified atom stereocenters. The molecule has 9 aromatic carbocycles. The summed E-state index contributed by atoms with van der Waals surface area (Å²) < 4.78 is 0. The third-order valence-corrected chi connectivity index (χ3v) is 12.9. The van der Waals surface area contributed by atoms with E-state index in [2.05, 4.69) is 270 Å². The fourth-order valence-electron chi connectivity index (χ4n) is 9.14. The minimum atomic E-state index is 0.0892. The molecule has 0 amide bonds. The van der Waals surface area contributed by atoms with Crippen molar-refractivity contribution in [1.82, 2.24) is 0 Å². The first-order valence-electron chi connectivity index (χ1n) is 22.9. The van der Waals surface area contributed by atoms with E-state index < -0.39 is 0 Å². The quantitative estimate of drug-likeness (QED) is 0.157. The van der Waals surface area contributed by atoms with E-state index in [9.17, 15) is 0 Å². The zero-order valence-corrected chi connectivity index (χ0v) is 38.0. The van der Waals surface area contributed by atoms with Gasteiger partial charge in [-0.1, -0.05) is 254 Å². The second-order valence-corrected chi connectivity index (χ2v) is 17.7. The summed E-state index contributed by atoms with van der Waals surface area (Å²) in [7, 11) is 0. The maximum atomic E-state index is 2.36. The van der Waals surface area contributed by atoms with Crippen LogP contribution in [0.2, 0.25) is 0 Å². The van der Waals surface area contributed by atoms with Gasteiger partial charge in [-0.25, -0.2) is 0 Å². The highest BCUT2D eigenvalue weighted by Crippen LogP contribution is 2.41. The van der Waals surface area contributed by atoms with Crippen LogP contribution in [0.3, 0.4) is 0 Å². The molecule has 0 bridgehead atoms. The molecule has 0 aliphatic heterocycles. The van der Waals surface area contributed by atoms with Gasteiger partial charge in [0.05, 0.1) is 0 Å². The highest BCUT2D eigenvalue weighted by molar-refractivity contribution is 5.84. The molecule has 65 heavy (non-hydrogen) atoms. The van der Waals surface area contributed by atoms with Gasteiger partial charge in [0.2, 0.25) is 0 Å². The standard InChI is InChI=1S/C26H20.C20H20.C19H16/c1-18-9-11-19(12-10-18)20-6-4-7-21(15-20)22-13-14-24-16-23-5-2-3-8-25(23)26(24)17-22;1-16-12-14-20(2,15-13-16)19-11-7-6-10-18(19)17-8-4-3-5-9-17;1-15-11-13-17(14-12-15)19-10-6-5-9-18(19)16-7-3-2-4-8-16/h2-15,17H,16H2,1H3;3-14H,15H2,1-2H3;2-14H,1H3. The van der Waals surface area contributed by atoms with Crippen LogP contribution in [0.4, 0.5) is 0 Å². The van der Waals surface area contributed by atoms with Gasteiger partial charge in [-0.2, -0.15) is 0 Å². The van der Waals surface area contributed by atoms with Crippen molar-refractivity contribution in [3.63, 3.8) is 0 Å². The van der Waals surface area contributed by atoms with Crippen molar-refractivity contribution in [3.8, 4) is 66.8 Å². The molecular weight excluding hydrogens is 781 g/mol. The number of hydrogen-bond donors (Lipinski definition) is 0. The summed E-state index contributed by atoms with van der Waals surface area (Å²) in [6.07, 6.45) is 9.05. The molecule has 2 aliphatic carbocycles. The van der Waals surface area contributed by atoms with Crippen molar-refractivity contribution >= 4 is 0 Å². The summed E-state index contributed by atoms with van der Waals surface area (Å²) in [5.74, 6) is 0. The average molecular weight is 837 g/mol. The second-order valence-electron chi connectivity index (χ2n) is 17.7. The maximum absolute atomic E-state index is 2.36. The smallest absolute Gasteiger partial charge is 0.0147 e. The predicted octanol–water partition coefficient (Wildman–Crippen LogP) is 17.7. The van der Waals surface area contributed by atoms with Gasteiger partial charge in [0.1, 0.15) is 0 Å². The van der Waals surface area contributed by atoms with Gasteiger partial charge in [0, 0.05) is 5.41 Å². The number of allylic oxidation sites excluding steroid dienone is 4. The van der Waals surface area contributed by atoms with E-state index in [1.165, 1.54) is 100 Å². The van der Waals surface area contributed by atoms with E-state index in [0.717, 1.165) is 12.8 Å².